The number of carbonyl (C=O) groups excluding carboxylic acids is 1. The van der Waals surface area contributed by atoms with E-state index in [1.807, 2.05) is 0 Å². The molecule has 0 saturated carbocycles. The zero-order chi connectivity index (χ0) is 24.6. The van der Waals surface area contributed by atoms with Crippen LogP contribution in [0.15, 0.2) is 23.7 Å². The van der Waals surface area contributed by atoms with E-state index in [0.717, 1.165) is 11.3 Å². The van der Waals surface area contributed by atoms with E-state index < -0.39 is 42.0 Å². The van der Waals surface area contributed by atoms with E-state index >= 15 is 0 Å². The number of benzene rings is 1. The van der Waals surface area contributed by atoms with Gasteiger partial charge in [0.15, 0.2) is 11.6 Å². The van der Waals surface area contributed by atoms with Gasteiger partial charge >= 0.3 is 0 Å². The zero-order valence-electron chi connectivity index (χ0n) is 18.5. The predicted octanol–water partition coefficient (Wildman–Crippen LogP) is 3.64. The van der Waals surface area contributed by atoms with Crippen molar-refractivity contribution in [2.24, 2.45) is 12.8 Å². The number of nitrogens with one attached hydrogen (secondary N) is 1. The van der Waals surface area contributed by atoms with Gasteiger partial charge in [0, 0.05) is 29.6 Å². The third-order valence-corrected chi connectivity index (χ3v) is 6.63. The average Bonchev–Trinajstić information content (AvgIpc) is 3.38. The maximum absolute atomic E-state index is 14.5. The number of amides is 1. The minimum absolute atomic E-state index is 0.00171. The number of ether oxygens (including phenoxy) is 1. The third kappa shape index (κ3) is 4.71. The maximum Gasteiger partial charge on any atom is 0.275 e. The van der Waals surface area contributed by atoms with Crippen molar-refractivity contribution in [3.05, 3.63) is 52.3 Å². The molecule has 4 atom stereocenters. The van der Waals surface area contributed by atoms with E-state index in [9.17, 15) is 23.1 Å². The fourth-order valence-electron chi connectivity index (χ4n) is 3.82. The number of aliphatic hydroxyl groups is 1. The summed E-state index contributed by atoms with van der Waals surface area (Å²) in [6.45, 7) is 1.18. The van der Waals surface area contributed by atoms with Crippen LogP contribution < -0.4 is 11.1 Å². The van der Waals surface area contributed by atoms with Gasteiger partial charge in [-0.25, -0.2) is 18.2 Å². The van der Waals surface area contributed by atoms with E-state index in [1.54, 1.807) is 11.7 Å². The van der Waals surface area contributed by atoms with Crippen molar-refractivity contribution >= 4 is 22.9 Å². The van der Waals surface area contributed by atoms with Crippen LogP contribution in [-0.2, 0) is 11.8 Å². The van der Waals surface area contributed by atoms with E-state index in [-0.39, 0.29) is 28.4 Å². The minimum Gasteiger partial charge on any atom is -0.389 e. The number of anilines is 1. The van der Waals surface area contributed by atoms with Crippen LogP contribution in [0.2, 0.25) is 0 Å². The van der Waals surface area contributed by atoms with Gasteiger partial charge < -0.3 is 20.9 Å². The lowest BCUT2D eigenvalue weighted by atomic mass is 10.0. The molecule has 182 valence electrons. The maximum atomic E-state index is 14.5. The molecular formula is C22H24F3N5O3S. The molecule has 0 unspecified atom stereocenters. The Morgan fingerprint density at radius 1 is 1.35 bits per heavy atom. The SMILES string of the molecule is C[C@H](O)c1ccc(-c2nc(C(=O)Nc3cnn(C)c3[C@@H]3CC[C@@H](N)[C@H](F)CO3)cs2)c(F)c1F. The van der Waals surface area contributed by atoms with Gasteiger partial charge in [0.25, 0.3) is 5.91 Å². The highest BCUT2D eigenvalue weighted by Crippen LogP contribution is 2.34. The lowest BCUT2D eigenvalue weighted by Gasteiger charge is -2.17. The summed E-state index contributed by atoms with van der Waals surface area (Å²) in [6.07, 6.45) is -0.632. The lowest BCUT2D eigenvalue weighted by molar-refractivity contribution is 0.0247. The molecule has 1 aromatic carbocycles. The Labute approximate surface area is 197 Å². The zero-order valence-corrected chi connectivity index (χ0v) is 19.3. The molecule has 1 fully saturated rings. The fourth-order valence-corrected chi connectivity index (χ4v) is 4.64. The summed E-state index contributed by atoms with van der Waals surface area (Å²) >= 11 is 0.977. The number of nitrogens with two attached hydrogens (primary N) is 1. The van der Waals surface area contributed by atoms with Gasteiger partial charge in [0.1, 0.15) is 23.0 Å². The van der Waals surface area contributed by atoms with Crippen molar-refractivity contribution in [1.29, 1.82) is 0 Å². The Morgan fingerprint density at radius 2 is 2.12 bits per heavy atom. The molecule has 1 aliphatic rings. The van der Waals surface area contributed by atoms with Crippen LogP contribution in [0, 0.1) is 11.6 Å². The number of aliphatic hydroxyl groups excluding tert-OH is 1. The molecule has 4 rings (SSSR count). The summed E-state index contributed by atoms with van der Waals surface area (Å²) in [7, 11) is 1.68. The van der Waals surface area contributed by atoms with E-state index in [1.165, 1.54) is 30.6 Å². The van der Waals surface area contributed by atoms with Gasteiger partial charge in [0.2, 0.25) is 0 Å². The first-order chi connectivity index (χ1) is 16.2. The highest BCUT2D eigenvalue weighted by molar-refractivity contribution is 7.13. The second kappa shape index (κ2) is 9.82. The Bertz CT molecular complexity index is 1190. The molecule has 1 aliphatic heterocycles. The summed E-state index contributed by atoms with van der Waals surface area (Å²) < 4.78 is 49.9. The largest absolute Gasteiger partial charge is 0.389 e. The Balaban J connectivity index is 1.54. The van der Waals surface area contributed by atoms with Crippen LogP contribution in [0.4, 0.5) is 18.9 Å². The number of aromatic nitrogens is 3. The Hall–Kier alpha value is -2.80. The number of rotatable bonds is 5. The van der Waals surface area contributed by atoms with Crippen LogP contribution in [0.1, 0.15) is 53.7 Å². The van der Waals surface area contributed by atoms with Gasteiger partial charge in [-0.05, 0) is 25.8 Å². The first kappa shape index (κ1) is 24.3. The Morgan fingerprint density at radius 3 is 2.85 bits per heavy atom. The molecule has 4 N–H and O–H groups in total. The van der Waals surface area contributed by atoms with Crippen molar-refractivity contribution < 1.29 is 27.8 Å². The van der Waals surface area contributed by atoms with Crippen LogP contribution in [0.5, 0.6) is 0 Å². The van der Waals surface area contributed by atoms with E-state index in [0.29, 0.717) is 24.2 Å². The highest BCUT2D eigenvalue weighted by atomic mass is 32.1. The standard InChI is InChI=1S/C22H24F3N5O3S/c1-10(31)11-3-4-12(19(25)18(11)24)22-29-16(9-34-22)21(32)28-15-7-27-30(2)20(15)17-6-5-14(26)13(23)8-33-17/h3-4,7,9-10,13-14,17,31H,5-6,8,26H2,1-2H3,(H,28,32)/t10-,13+,14+,17-/m0/s1. The number of alkyl halides is 1. The third-order valence-electron chi connectivity index (χ3n) is 5.75. The summed E-state index contributed by atoms with van der Waals surface area (Å²) in [5.41, 5.74) is 6.46. The predicted molar refractivity (Wildman–Crippen MR) is 120 cm³/mol. The highest BCUT2D eigenvalue weighted by Gasteiger charge is 2.30. The van der Waals surface area contributed by atoms with Crippen molar-refractivity contribution in [3.8, 4) is 10.6 Å². The summed E-state index contributed by atoms with van der Waals surface area (Å²) in [5.74, 6) is -2.89. The van der Waals surface area contributed by atoms with E-state index in [2.05, 4.69) is 15.4 Å². The molecule has 12 heteroatoms. The lowest BCUT2D eigenvalue weighted by Crippen LogP contribution is -2.32. The van der Waals surface area contributed by atoms with Crippen molar-refractivity contribution in [2.45, 2.75) is 44.2 Å². The molecule has 1 saturated heterocycles. The van der Waals surface area contributed by atoms with Crippen molar-refractivity contribution in [1.82, 2.24) is 14.8 Å². The molecule has 2 aromatic heterocycles. The molecule has 34 heavy (non-hydrogen) atoms. The quantitative estimate of drug-likeness (QED) is 0.498. The smallest absolute Gasteiger partial charge is 0.275 e. The summed E-state index contributed by atoms with van der Waals surface area (Å²) in [4.78, 5) is 17.0. The number of carbonyl (C=O) groups is 1. The first-order valence-corrected chi connectivity index (χ1v) is 11.5. The van der Waals surface area contributed by atoms with Crippen LogP contribution in [-0.4, -0.2) is 44.6 Å². The monoisotopic (exact) mass is 495 g/mol. The summed E-state index contributed by atoms with van der Waals surface area (Å²) in [6, 6.07) is 1.97. The van der Waals surface area contributed by atoms with Crippen LogP contribution in [0.25, 0.3) is 10.6 Å². The molecule has 8 nitrogen and oxygen atoms in total. The van der Waals surface area contributed by atoms with Gasteiger partial charge in [-0.2, -0.15) is 5.10 Å². The second-order valence-corrected chi connectivity index (χ2v) is 9.00. The number of nitrogens with zero attached hydrogens (tertiary/aromatic N) is 3. The molecule has 1 amide bonds. The van der Waals surface area contributed by atoms with Crippen LogP contribution in [0.3, 0.4) is 0 Å². The molecule has 0 spiro atoms. The van der Waals surface area contributed by atoms with Crippen molar-refractivity contribution in [2.75, 3.05) is 11.9 Å². The minimum atomic E-state index is -1.27. The van der Waals surface area contributed by atoms with E-state index in [4.69, 9.17) is 10.5 Å². The first-order valence-electron chi connectivity index (χ1n) is 10.6. The molecule has 3 aromatic rings. The number of hydrogen-bond donors (Lipinski definition) is 3. The number of aryl methyl sites for hydroxylation is 1. The fraction of sp³-hybridized carbons (Fsp3) is 0.409. The molecule has 3 heterocycles. The number of halogens is 3. The van der Waals surface area contributed by atoms with Gasteiger partial charge in [0.05, 0.1) is 30.3 Å². The van der Waals surface area contributed by atoms with Gasteiger partial charge in [-0.1, -0.05) is 6.07 Å². The number of thiazole rings is 1. The molecule has 0 aliphatic carbocycles. The Kier molecular flexibility index (Phi) is 7.03. The topological polar surface area (TPSA) is 115 Å². The van der Waals surface area contributed by atoms with Crippen LogP contribution >= 0.6 is 11.3 Å². The van der Waals surface area contributed by atoms with Crippen molar-refractivity contribution in [3.63, 3.8) is 0 Å². The molecule has 0 radical (unpaired) electrons. The second-order valence-electron chi connectivity index (χ2n) is 8.14. The molecular weight excluding hydrogens is 471 g/mol. The van der Waals surface area contributed by atoms with Gasteiger partial charge in [-0.3, -0.25) is 9.48 Å². The van der Waals surface area contributed by atoms with Gasteiger partial charge in [-0.15, -0.1) is 11.3 Å². The summed E-state index contributed by atoms with van der Waals surface area (Å²) in [5, 5.41) is 18.0. The normalized spacial score (nSPS) is 21.8. The number of hydrogen-bond acceptors (Lipinski definition) is 7. The average molecular weight is 496 g/mol. The molecule has 0 bridgehead atoms.